The van der Waals surface area contributed by atoms with Crippen molar-refractivity contribution in [2.24, 2.45) is 0 Å². The summed E-state index contributed by atoms with van der Waals surface area (Å²) in [5, 5.41) is 9.27. The first kappa shape index (κ1) is 15.4. The topological polar surface area (TPSA) is 69.6 Å². The molecule has 0 unspecified atom stereocenters. The number of hydrogen-bond acceptors (Lipinski definition) is 3. The number of aliphatic hydroxyl groups excluding tert-OH is 1. The lowest BCUT2D eigenvalue weighted by atomic mass is 10.2. The number of nitrogens with one attached hydrogen (secondary N) is 1. The van der Waals surface area contributed by atoms with Gasteiger partial charge in [0.15, 0.2) is 0 Å². The standard InChI is InChI=1S/C11H17ClN2O3S/c1-14(7-2-8-15)18(16,17)13-9-10-3-5-11(12)6-4-10/h3-6,13,15H,2,7-9H2,1H3. The molecule has 0 aliphatic heterocycles. The van der Waals surface area contributed by atoms with E-state index in [1.54, 1.807) is 24.3 Å². The summed E-state index contributed by atoms with van der Waals surface area (Å²) in [5.41, 5.74) is 0.832. The van der Waals surface area contributed by atoms with E-state index in [1.165, 1.54) is 11.4 Å². The lowest BCUT2D eigenvalue weighted by Crippen LogP contribution is -2.38. The second-order valence-electron chi connectivity index (χ2n) is 3.85. The Labute approximate surface area is 113 Å². The van der Waals surface area contributed by atoms with Crippen molar-refractivity contribution in [3.8, 4) is 0 Å². The molecule has 2 N–H and O–H groups in total. The Hall–Kier alpha value is -0.660. The van der Waals surface area contributed by atoms with Crippen LogP contribution in [0.1, 0.15) is 12.0 Å². The summed E-state index contributed by atoms with van der Waals surface area (Å²) in [7, 11) is -2.03. The van der Waals surface area contributed by atoms with Gasteiger partial charge in [-0.3, -0.25) is 0 Å². The van der Waals surface area contributed by atoms with Crippen LogP contribution in [0.2, 0.25) is 5.02 Å². The van der Waals surface area contributed by atoms with E-state index in [-0.39, 0.29) is 19.7 Å². The van der Waals surface area contributed by atoms with Gasteiger partial charge in [0.2, 0.25) is 0 Å². The first-order valence-corrected chi connectivity index (χ1v) is 7.34. The fourth-order valence-electron chi connectivity index (χ4n) is 1.30. The molecule has 0 atom stereocenters. The summed E-state index contributed by atoms with van der Waals surface area (Å²) in [6.07, 6.45) is 0.415. The van der Waals surface area contributed by atoms with Gasteiger partial charge in [-0.2, -0.15) is 17.4 Å². The molecule has 0 spiro atoms. The molecule has 0 amide bonds. The zero-order valence-corrected chi connectivity index (χ0v) is 11.7. The van der Waals surface area contributed by atoms with Gasteiger partial charge >= 0.3 is 0 Å². The van der Waals surface area contributed by atoms with Crippen LogP contribution in [-0.2, 0) is 16.8 Å². The summed E-state index contributed by atoms with van der Waals surface area (Å²) in [4.78, 5) is 0. The highest BCUT2D eigenvalue weighted by molar-refractivity contribution is 7.87. The number of nitrogens with zero attached hydrogens (tertiary/aromatic N) is 1. The SMILES string of the molecule is CN(CCCO)S(=O)(=O)NCc1ccc(Cl)cc1. The van der Waals surface area contributed by atoms with Gasteiger partial charge in [0.1, 0.15) is 0 Å². The van der Waals surface area contributed by atoms with Crippen molar-refractivity contribution in [1.82, 2.24) is 9.03 Å². The third-order valence-electron chi connectivity index (χ3n) is 2.41. The van der Waals surface area contributed by atoms with E-state index in [1.807, 2.05) is 0 Å². The van der Waals surface area contributed by atoms with Gasteiger partial charge in [0.05, 0.1) is 0 Å². The minimum Gasteiger partial charge on any atom is -0.396 e. The Morgan fingerprint density at radius 1 is 1.33 bits per heavy atom. The molecule has 0 bridgehead atoms. The third-order valence-corrected chi connectivity index (χ3v) is 4.18. The molecule has 0 heterocycles. The van der Waals surface area contributed by atoms with Gasteiger partial charge in [-0.15, -0.1) is 0 Å². The highest BCUT2D eigenvalue weighted by Crippen LogP contribution is 2.09. The van der Waals surface area contributed by atoms with Crippen LogP contribution >= 0.6 is 11.6 Å². The Bertz CT molecular complexity index is 462. The predicted octanol–water partition coefficient (Wildman–Crippen LogP) is 0.989. The maximum Gasteiger partial charge on any atom is 0.279 e. The van der Waals surface area contributed by atoms with Crippen LogP contribution in [0.5, 0.6) is 0 Å². The predicted molar refractivity (Wildman–Crippen MR) is 71.5 cm³/mol. The number of hydrogen-bond donors (Lipinski definition) is 2. The van der Waals surface area contributed by atoms with Crippen molar-refractivity contribution in [3.05, 3.63) is 34.9 Å². The summed E-state index contributed by atoms with van der Waals surface area (Å²) in [5.74, 6) is 0. The molecule has 102 valence electrons. The molecule has 0 radical (unpaired) electrons. The van der Waals surface area contributed by atoms with E-state index in [2.05, 4.69) is 4.72 Å². The van der Waals surface area contributed by atoms with Gasteiger partial charge in [-0.1, -0.05) is 23.7 Å². The molecule has 1 aromatic rings. The summed E-state index contributed by atoms with van der Waals surface area (Å²) >= 11 is 5.74. The molecule has 0 saturated heterocycles. The molecular formula is C11H17ClN2O3S. The Kier molecular flexibility index (Phi) is 6.04. The Balaban J connectivity index is 2.53. The minimum absolute atomic E-state index is 0.0307. The smallest absolute Gasteiger partial charge is 0.279 e. The molecule has 5 nitrogen and oxygen atoms in total. The molecule has 1 rings (SSSR count). The zero-order valence-electron chi connectivity index (χ0n) is 10.1. The fourth-order valence-corrected chi connectivity index (χ4v) is 2.37. The van der Waals surface area contributed by atoms with Crippen LogP contribution in [0.3, 0.4) is 0 Å². The summed E-state index contributed by atoms with van der Waals surface area (Å²) in [6, 6.07) is 6.94. The molecule has 18 heavy (non-hydrogen) atoms. The van der Waals surface area contributed by atoms with Crippen molar-refractivity contribution >= 4 is 21.8 Å². The molecule has 0 fully saturated rings. The van der Waals surface area contributed by atoms with Gasteiger partial charge in [-0.05, 0) is 24.1 Å². The van der Waals surface area contributed by atoms with Crippen molar-refractivity contribution in [2.75, 3.05) is 20.2 Å². The normalized spacial score (nSPS) is 12.0. The molecule has 0 saturated carbocycles. The van der Waals surface area contributed by atoms with E-state index in [0.29, 0.717) is 11.4 Å². The van der Waals surface area contributed by atoms with Gasteiger partial charge in [0, 0.05) is 31.8 Å². The molecule has 0 aliphatic carbocycles. The van der Waals surface area contributed by atoms with Crippen LogP contribution in [0, 0.1) is 0 Å². The molecular weight excluding hydrogens is 276 g/mol. The zero-order chi connectivity index (χ0) is 13.6. The fraction of sp³-hybridized carbons (Fsp3) is 0.455. The number of benzene rings is 1. The highest BCUT2D eigenvalue weighted by atomic mass is 35.5. The molecule has 0 aliphatic rings. The monoisotopic (exact) mass is 292 g/mol. The first-order valence-electron chi connectivity index (χ1n) is 5.52. The van der Waals surface area contributed by atoms with Crippen molar-refractivity contribution in [2.45, 2.75) is 13.0 Å². The van der Waals surface area contributed by atoms with E-state index < -0.39 is 10.2 Å². The van der Waals surface area contributed by atoms with Crippen molar-refractivity contribution in [3.63, 3.8) is 0 Å². The third kappa shape index (κ3) is 4.91. The van der Waals surface area contributed by atoms with Crippen LogP contribution in [0.4, 0.5) is 0 Å². The number of aliphatic hydroxyl groups is 1. The maximum atomic E-state index is 11.8. The van der Waals surface area contributed by atoms with Gasteiger partial charge in [0.25, 0.3) is 10.2 Å². The van der Waals surface area contributed by atoms with Crippen molar-refractivity contribution in [1.29, 1.82) is 0 Å². The second kappa shape index (κ2) is 7.06. The quantitative estimate of drug-likeness (QED) is 0.787. The Morgan fingerprint density at radius 3 is 2.50 bits per heavy atom. The van der Waals surface area contributed by atoms with Crippen LogP contribution in [-0.4, -0.2) is 38.0 Å². The average molecular weight is 293 g/mol. The summed E-state index contributed by atoms with van der Waals surface area (Å²) < 4.78 is 27.2. The Morgan fingerprint density at radius 2 is 1.94 bits per heavy atom. The molecule has 1 aromatic carbocycles. The lowest BCUT2D eigenvalue weighted by Gasteiger charge is -2.17. The summed E-state index contributed by atoms with van der Waals surface area (Å²) in [6.45, 7) is 0.465. The molecule has 0 aromatic heterocycles. The van der Waals surface area contributed by atoms with Crippen LogP contribution in [0.15, 0.2) is 24.3 Å². The van der Waals surface area contributed by atoms with E-state index in [4.69, 9.17) is 16.7 Å². The minimum atomic E-state index is -3.50. The van der Waals surface area contributed by atoms with E-state index >= 15 is 0 Å². The lowest BCUT2D eigenvalue weighted by molar-refractivity contribution is 0.275. The van der Waals surface area contributed by atoms with E-state index in [0.717, 1.165) is 5.56 Å². The van der Waals surface area contributed by atoms with Crippen LogP contribution in [0.25, 0.3) is 0 Å². The number of rotatable bonds is 7. The average Bonchev–Trinajstić information content (AvgIpc) is 2.35. The van der Waals surface area contributed by atoms with Gasteiger partial charge < -0.3 is 5.11 Å². The van der Waals surface area contributed by atoms with E-state index in [9.17, 15) is 8.42 Å². The molecule has 7 heteroatoms. The first-order chi connectivity index (χ1) is 8.45. The number of halogens is 1. The van der Waals surface area contributed by atoms with Gasteiger partial charge in [-0.25, -0.2) is 0 Å². The van der Waals surface area contributed by atoms with Crippen LogP contribution < -0.4 is 4.72 Å². The highest BCUT2D eigenvalue weighted by Gasteiger charge is 2.16. The second-order valence-corrected chi connectivity index (χ2v) is 6.15. The van der Waals surface area contributed by atoms with Crippen molar-refractivity contribution < 1.29 is 13.5 Å². The maximum absolute atomic E-state index is 11.8. The largest absolute Gasteiger partial charge is 0.396 e.